The van der Waals surface area contributed by atoms with Crippen LogP contribution in [0.4, 0.5) is 5.69 Å². The summed E-state index contributed by atoms with van der Waals surface area (Å²) in [5.41, 5.74) is 2.37. The van der Waals surface area contributed by atoms with E-state index in [2.05, 4.69) is 47.3 Å². The number of hydrogen-bond donors (Lipinski definition) is 1. The molecule has 1 N–H and O–H groups in total. The summed E-state index contributed by atoms with van der Waals surface area (Å²) in [5, 5.41) is 7.30. The van der Waals surface area contributed by atoms with E-state index in [1.165, 1.54) is 0 Å². The van der Waals surface area contributed by atoms with Crippen LogP contribution < -0.4 is 5.32 Å². The number of amides is 1. The zero-order valence-corrected chi connectivity index (χ0v) is 17.7. The first-order valence-corrected chi connectivity index (χ1v) is 10.0. The number of para-hydroxylation sites is 1. The first kappa shape index (κ1) is 18.6. The number of hydrogen-bond acceptors (Lipinski definition) is 3. The average Bonchev–Trinajstić information content (AvgIpc) is 3.16. The fourth-order valence-corrected chi connectivity index (χ4v) is 3.19. The quantitative estimate of drug-likeness (QED) is 0.392. The molecule has 1 amide bonds. The summed E-state index contributed by atoms with van der Waals surface area (Å²) in [6.07, 6.45) is 0. The van der Waals surface area contributed by atoms with E-state index in [1.54, 1.807) is 4.68 Å². The first-order chi connectivity index (χ1) is 13.6. The molecule has 0 spiro atoms. The van der Waals surface area contributed by atoms with Crippen LogP contribution in [0.25, 0.3) is 17.1 Å². The van der Waals surface area contributed by atoms with Crippen molar-refractivity contribution < 1.29 is 4.79 Å². The predicted molar refractivity (Wildman–Crippen MR) is 117 cm³/mol. The lowest BCUT2D eigenvalue weighted by Crippen LogP contribution is -2.14. The Morgan fingerprint density at radius 2 is 1.43 bits per heavy atom. The van der Waals surface area contributed by atoms with Gasteiger partial charge in [0.05, 0.1) is 5.69 Å². The lowest BCUT2D eigenvalue weighted by molar-refractivity contribution is 0.101. The smallest absolute Gasteiger partial charge is 0.295 e. The van der Waals surface area contributed by atoms with Crippen molar-refractivity contribution in [3.05, 3.63) is 93.6 Å². The third kappa shape index (κ3) is 4.05. The van der Waals surface area contributed by atoms with Gasteiger partial charge in [0, 0.05) is 20.2 Å². The van der Waals surface area contributed by atoms with E-state index < -0.39 is 0 Å². The molecule has 4 rings (SSSR count). The van der Waals surface area contributed by atoms with Gasteiger partial charge in [-0.1, -0.05) is 62.2 Å². The SMILES string of the molecule is O=C(Nc1ccc(Br)cc1)c1nc(-c2ccc(Br)cc2)n(-c2ccccc2)n1. The molecule has 0 saturated heterocycles. The highest BCUT2D eigenvalue weighted by Gasteiger charge is 2.19. The molecule has 4 aromatic rings. The van der Waals surface area contributed by atoms with Crippen molar-refractivity contribution in [1.82, 2.24) is 14.8 Å². The third-order valence-electron chi connectivity index (χ3n) is 4.02. The second kappa shape index (κ2) is 8.08. The van der Waals surface area contributed by atoms with Crippen LogP contribution >= 0.6 is 31.9 Å². The van der Waals surface area contributed by atoms with Gasteiger partial charge in [-0.05, 0) is 48.5 Å². The van der Waals surface area contributed by atoms with Gasteiger partial charge in [-0.25, -0.2) is 9.67 Å². The Bertz CT molecular complexity index is 1110. The fourth-order valence-electron chi connectivity index (χ4n) is 2.66. The van der Waals surface area contributed by atoms with Crippen molar-refractivity contribution >= 4 is 43.5 Å². The molecule has 0 fully saturated rings. The van der Waals surface area contributed by atoms with E-state index in [1.807, 2.05) is 78.9 Å². The van der Waals surface area contributed by atoms with E-state index >= 15 is 0 Å². The summed E-state index contributed by atoms with van der Waals surface area (Å²) >= 11 is 6.82. The minimum atomic E-state index is -0.365. The number of nitrogens with zero attached hydrogens (tertiary/aromatic N) is 3. The number of anilines is 1. The van der Waals surface area contributed by atoms with Crippen LogP contribution in [0.1, 0.15) is 10.6 Å². The first-order valence-electron chi connectivity index (χ1n) is 8.45. The topological polar surface area (TPSA) is 59.8 Å². The van der Waals surface area contributed by atoms with Crippen molar-refractivity contribution in [2.45, 2.75) is 0 Å². The number of aromatic nitrogens is 3. The number of benzene rings is 3. The minimum Gasteiger partial charge on any atom is -0.319 e. The molecule has 0 aliphatic carbocycles. The average molecular weight is 498 g/mol. The van der Waals surface area contributed by atoms with Crippen LogP contribution in [0.15, 0.2) is 87.8 Å². The zero-order valence-electron chi connectivity index (χ0n) is 14.5. The van der Waals surface area contributed by atoms with Gasteiger partial charge in [0.25, 0.3) is 5.91 Å². The Balaban J connectivity index is 1.73. The number of nitrogens with one attached hydrogen (secondary N) is 1. The van der Waals surface area contributed by atoms with Crippen molar-refractivity contribution in [1.29, 1.82) is 0 Å². The number of carbonyl (C=O) groups excluding carboxylic acids is 1. The summed E-state index contributed by atoms with van der Waals surface area (Å²) in [4.78, 5) is 17.2. The van der Waals surface area contributed by atoms with Crippen molar-refractivity contribution in [3.8, 4) is 17.1 Å². The molecular formula is C21H14Br2N4O. The highest BCUT2D eigenvalue weighted by molar-refractivity contribution is 9.10. The van der Waals surface area contributed by atoms with Gasteiger partial charge in [-0.2, -0.15) is 0 Å². The van der Waals surface area contributed by atoms with Gasteiger partial charge in [-0.15, -0.1) is 5.10 Å². The van der Waals surface area contributed by atoms with E-state index in [0.29, 0.717) is 11.5 Å². The molecule has 0 aliphatic heterocycles. The number of carbonyl (C=O) groups is 1. The molecule has 0 saturated carbocycles. The predicted octanol–water partition coefficient (Wildman–Crippen LogP) is 5.71. The molecule has 0 unspecified atom stereocenters. The standard InChI is InChI=1S/C21H14Br2N4O/c22-15-8-6-14(7-9-15)20-25-19(26-27(20)18-4-2-1-3-5-18)21(28)24-17-12-10-16(23)11-13-17/h1-13H,(H,24,28). The van der Waals surface area contributed by atoms with Crippen molar-refractivity contribution in [2.75, 3.05) is 5.32 Å². The van der Waals surface area contributed by atoms with Crippen LogP contribution in [0.2, 0.25) is 0 Å². The number of rotatable bonds is 4. The van der Waals surface area contributed by atoms with Crippen LogP contribution in [0.3, 0.4) is 0 Å². The van der Waals surface area contributed by atoms with Gasteiger partial charge in [0.1, 0.15) is 0 Å². The minimum absolute atomic E-state index is 0.102. The molecule has 3 aromatic carbocycles. The molecule has 1 heterocycles. The Kier molecular flexibility index (Phi) is 5.36. The molecule has 0 radical (unpaired) electrons. The van der Waals surface area contributed by atoms with Gasteiger partial charge < -0.3 is 5.32 Å². The van der Waals surface area contributed by atoms with Crippen LogP contribution in [0, 0.1) is 0 Å². The maximum absolute atomic E-state index is 12.7. The summed E-state index contributed by atoms with van der Waals surface area (Å²) in [5.74, 6) is 0.333. The lowest BCUT2D eigenvalue weighted by atomic mass is 10.2. The van der Waals surface area contributed by atoms with Crippen LogP contribution in [-0.4, -0.2) is 20.7 Å². The van der Waals surface area contributed by atoms with E-state index in [9.17, 15) is 4.79 Å². The molecule has 28 heavy (non-hydrogen) atoms. The van der Waals surface area contributed by atoms with E-state index in [4.69, 9.17) is 0 Å². The van der Waals surface area contributed by atoms with Gasteiger partial charge in [-0.3, -0.25) is 4.79 Å². The van der Waals surface area contributed by atoms with Gasteiger partial charge in [0.2, 0.25) is 5.82 Å². The van der Waals surface area contributed by atoms with Gasteiger partial charge >= 0.3 is 0 Å². The van der Waals surface area contributed by atoms with Crippen molar-refractivity contribution in [2.24, 2.45) is 0 Å². The van der Waals surface area contributed by atoms with E-state index in [-0.39, 0.29) is 11.7 Å². The third-order valence-corrected chi connectivity index (χ3v) is 5.07. The molecule has 0 bridgehead atoms. The Morgan fingerprint density at radius 1 is 0.821 bits per heavy atom. The molecule has 5 nitrogen and oxygen atoms in total. The summed E-state index contributed by atoms with van der Waals surface area (Å²) in [7, 11) is 0. The van der Waals surface area contributed by atoms with E-state index in [0.717, 1.165) is 20.2 Å². The second-order valence-corrected chi connectivity index (χ2v) is 7.81. The van der Waals surface area contributed by atoms with Crippen molar-refractivity contribution in [3.63, 3.8) is 0 Å². The largest absolute Gasteiger partial charge is 0.319 e. The Morgan fingerprint density at radius 3 is 2.07 bits per heavy atom. The number of halogens is 2. The molecular weight excluding hydrogens is 484 g/mol. The summed E-state index contributed by atoms with van der Waals surface area (Å²) < 4.78 is 3.59. The monoisotopic (exact) mass is 496 g/mol. The molecule has 0 atom stereocenters. The fraction of sp³-hybridized carbons (Fsp3) is 0. The highest BCUT2D eigenvalue weighted by Crippen LogP contribution is 2.23. The summed E-state index contributed by atoms with van der Waals surface area (Å²) in [6.45, 7) is 0. The molecule has 1 aromatic heterocycles. The van der Waals surface area contributed by atoms with Gasteiger partial charge in [0.15, 0.2) is 5.82 Å². The molecule has 7 heteroatoms. The summed E-state index contributed by atoms with van der Waals surface area (Å²) in [6, 6.07) is 24.7. The Hall–Kier alpha value is -2.77. The van der Waals surface area contributed by atoms with Crippen LogP contribution in [-0.2, 0) is 0 Å². The van der Waals surface area contributed by atoms with Crippen LogP contribution in [0.5, 0.6) is 0 Å². The Labute approximate surface area is 178 Å². The molecule has 138 valence electrons. The zero-order chi connectivity index (χ0) is 19.5. The maximum Gasteiger partial charge on any atom is 0.295 e. The highest BCUT2D eigenvalue weighted by atomic mass is 79.9. The maximum atomic E-state index is 12.7. The molecule has 0 aliphatic rings. The second-order valence-electron chi connectivity index (χ2n) is 5.97. The normalized spacial score (nSPS) is 10.6. The lowest BCUT2D eigenvalue weighted by Gasteiger charge is -2.05.